The molecular formula is C16H17NO2. The van der Waals surface area contributed by atoms with Crippen molar-refractivity contribution >= 4 is 5.78 Å². The Balaban J connectivity index is 1.69. The Morgan fingerprint density at radius 1 is 1.32 bits per heavy atom. The van der Waals surface area contributed by atoms with Gasteiger partial charge in [0.1, 0.15) is 5.75 Å². The maximum atomic E-state index is 11.7. The summed E-state index contributed by atoms with van der Waals surface area (Å²) < 4.78 is 5.82. The summed E-state index contributed by atoms with van der Waals surface area (Å²) in [6.45, 7) is 0.618. The first-order valence-corrected chi connectivity index (χ1v) is 6.88. The summed E-state index contributed by atoms with van der Waals surface area (Å²) in [7, 11) is 0. The van der Waals surface area contributed by atoms with Crippen molar-refractivity contribution in [1.82, 2.24) is 0 Å². The van der Waals surface area contributed by atoms with Crippen molar-refractivity contribution < 1.29 is 9.53 Å². The molecule has 1 aromatic rings. The molecule has 3 heteroatoms. The molecule has 2 aliphatic carbocycles. The number of ether oxygens (including phenoxy) is 1. The number of ketones is 1. The number of aryl methyl sites for hydroxylation is 1. The molecular weight excluding hydrogens is 238 g/mol. The maximum Gasteiger partial charge on any atom is 0.163 e. The molecule has 0 amide bonds. The number of benzene rings is 1. The van der Waals surface area contributed by atoms with Gasteiger partial charge in [0, 0.05) is 23.8 Å². The summed E-state index contributed by atoms with van der Waals surface area (Å²) in [5.41, 5.74) is 2.07. The molecule has 0 heterocycles. The quantitative estimate of drug-likeness (QED) is 0.829. The minimum atomic E-state index is 0.0977. The van der Waals surface area contributed by atoms with Crippen molar-refractivity contribution in [3.05, 3.63) is 29.3 Å². The summed E-state index contributed by atoms with van der Waals surface area (Å²) in [6.07, 6.45) is 5.32. The Morgan fingerprint density at radius 3 is 2.89 bits per heavy atom. The van der Waals surface area contributed by atoms with E-state index in [1.807, 2.05) is 18.2 Å². The van der Waals surface area contributed by atoms with Gasteiger partial charge in [-0.15, -0.1) is 0 Å². The van der Waals surface area contributed by atoms with Crippen LogP contribution in [0.2, 0.25) is 0 Å². The van der Waals surface area contributed by atoms with Crippen molar-refractivity contribution in [2.45, 2.75) is 38.5 Å². The van der Waals surface area contributed by atoms with Gasteiger partial charge in [0.05, 0.1) is 12.7 Å². The summed E-state index contributed by atoms with van der Waals surface area (Å²) in [6, 6.07) is 8.00. The van der Waals surface area contributed by atoms with Crippen LogP contribution in [-0.4, -0.2) is 12.4 Å². The molecule has 3 rings (SSSR count). The van der Waals surface area contributed by atoms with Crippen LogP contribution in [0, 0.1) is 16.7 Å². The predicted octanol–water partition coefficient (Wildman–Crippen LogP) is 3.28. The number of nitriles is 1. The third-order valence-corrected chi connectivity index (χ3v) is 4.18. The van der Waals surface area contributed by atoms with Gasteiger partial charge in [0.15, 0.2) is 5.78 Å². The maximum absolute atomic E-state index is 11.7. The normalized spacial score (nSPS) is 19.4. The number of carbonyl (C=O) groups excluding carboxylic acids is 1. The molecule has 1 saturated carbocycles. The van der Waals surface area contributed by atoms with E-state index in [0.717, 1.165) is 42.6 Å². The molecule has 2 aliphatic rings. The molecule has 0 saturated heterocycles. The van der Waals surface area contributed by atoms with Gasteiger partial charge in [-0.2, -0.15) is 5.26 Å². The molecule has 19 heavy (non-hydrogen) atoms. The van der Waals surface area contributed by atoms with E-state index in [-0.39, 0.29) is 11.2 Å². The van der Waals surface area contributed by atoms with Gasteiger partial charge in [-0.1, -0.05) is 0 Å². The monoisotopic (exact) mass is 255 g/mol. The van der Waals surface area contributed by atoms with Gasteiger partial charge < -0.3 is 4.74 Å². The fourth-order valence-corrected chi connectivity index (χ4v) is 2.67. The lowest BCUT2D eigenvalue weighted by molar-refractivity contribution is 0.0972. The molecule has 98 valence electrons. The average Bonchev–Trinajstić information content (AvgIpc) is 3.17. The van der Waals surface area contributed by atoms with E-state index in [4.69, 9.17) is 10.00 Å². The van der Waals surface area contributed by atoms with Crippen LogP contribution >= 0.6 is 0 Å². The molecule has 1 aromatic carbocycles. The lowest BCUT2D eigenvalue weighted by Gasteiger charge is -2.17. The van der Waals surface area contributed by atoms with Gasteiger partial charge in [0.25, 0.3) is 0 Å². The molecule has 0 aromatic heterocycles. The Labute approximate surface area is 113 Å². The van der Waals surface area contributed by atoms with Gasteiger partial charge in [0.2, 0.25) is 0 Å². The highest BCUT2D eigenvalue weighted by Gasteiger charge is 2.43. The molecule has 0 atom stereocenters. The highest BCUT2D eigenvalue weighted by molar-refractivity contribution is 5.98. The summed E-state index contributed by atoms with van der Waals surface area (Å²) in [5, 5.41) is 8.78. The van der Waals surface area contributed by atoms with Gasteiger partial charge in [-0.25, -0.2) is 0 Å². The van der Waals surface area contributed by atoms with Crippen molar-refractivity contribution in [3.8, 4) is 11.8 Å². The van der Waals surface area contributed by atoms with Crippen LogP contribution < -0.4 is 4.74 Å². The summed E-state index contributed by atoms with van der Waals surface area (Å²) in [4.78, 5) is 11.7. The first-order chi connectivity index (χ1) is 9.22. The number of fused-ring (bicyclic) bond motifs is 1. The van der Waals surface area contributed by atoms with Crippen molar-refractivity contribution in [1.29, 1.82) is 5.26 Å². The number of carbonyl (C=O) groups is 1. The molecule has 3 nitrogen and oxygen atoms in total. The zero-order valence-corrected chi connectivity index (χ0v) is 10.9. The van der Waals surface area contributed by atoms with Gasteiger partial charge in [-0.05, 0) is 49.4 Å². The molecule has 0 bridgehead atoms. The summed E-state index contributed by atoms with van der Waals surface area (Å²) in [5.74, 6) is 1.08. The van der Waals surface area contributed by atoms with Crippen LogP contribution in [0.5, 0.6) is 5.75 Å². The van der Waals surface area contributed by atoms with Gasteiger partial charge >= 0.3 is 0 Å². The Kier molecular flexibility index (Phi) is 3.02. The zero-order chi connectivity index (χ0) is 13.3. The predicted molar refractivity (Wildman–Crippen MR) is 71.1 cm³/mol. The van der Waals surface area contributed by atoms with Crippen LogP contribution in [0.3, 0.4) is 0 Å². The highest BCUT2D eigenvalue weighted by Crippen LogP contribution is 2.48. The smallest absolute Gasteiger partial charge is 0.163 e. The molecule has 0 spiro atoms. The Morgan fingerprint density at radius 2 is 2.16 bits per heavy atom. The Hall–Kier alpha value is -1.82. The minimum absolute atomic E-state index is 0.0977. The Bertz CT molecular complexity index is 552. The largest absolute Gasteiger partial charge is 0.493 e. The first-order valence-electron chi connectivity index (χ1n) is 6.88. The lowest BCUT2D eigenvalue weighted by Crippen LogP contribution is -2.14. The van der Waals surface area contributed by atoms with Crippen LogP contribution in [-0.2, 0) is 6.42 Å². The van der Waals surface area contributed by atoms with Crippen LogP contribution in [0.4, 0.5) is 0 Å². The van der Waals surface area contributed by atoms with Crippen molar-refractivity contribution in [2.24, 2.45) is 5.41 Å². The third-order valence-electron chi connectivity index (χ3n) is 4.18. The van der Waals surface area contributed by atoms with Crippen LogP contribution in [0.25, 0.3) is 0 Å². The second-order valence-corrected chi connectivity index (χ2v) is 5.72. The highest BCUT2D eigenvalue weighted by atomic mass is 16.5. The molecule has 1 fully saturated rings. The second kappa shape index (κ2) is 4.70. The number of hydrogen-bond acceptors (Lipinski definition) is 3. The molecule has 0 radical (unpaired) electrons. The standard InChI is InChI=1S/C16H17NO2/c17-9-8-16(6-7-16)11-19-13-4-5-14-12(10-13)2-1-3-15(14)18/h4-5,10H,1-3,6-8,11H2. The zero-order valence-electron chi connectivity index (χ0n) is 10.9. The molecule has 0 unspecified atom stereocenters. The van der Waals surface area contributed by atoms with E-state index in [1.165, 1.54) is 0 Å². The van der Waals surface area contributed by atoms with Crippen LogP contribution in [0.15, 0.2) is 18.2 Å². The number of hydrogen-bond donors (Lipinski definition) is 0. The van der Waals surface area contributed by atoms with Crippen molar-refractivity contribution in [2.75, 3.05) is 6.61 Å². The molecule has 0 N–H and O–H groups in total. The number of rotatable bonds is 4. The number of Topliss-reactive ketones (excluding diaryl/α,β-unsaturated/α-hetero) is 1. The van der Waals surface area contributed by atoms with E-state index >= 15 is 0 Å². The molecule has 0 aliphatic heterocycles. The van der Waals surface area contributed by atoms with E-state index in [2.05, 4.69) is 6.07 Å². The fraction of sp³-hybridized carbons (Fsp3) is 0.500. The second-order valence-electron chi connectivity index (χ2n) is 5.72. The lowest BCUT2D eigenvalue weighted by atomic mass is 9.90. The van der Waals surface area contributed by atoms with E-state index < -0.39 is 0 Å². The SMILES string of the molecule is N#CCC1(COc2ccc3c(c2)CCCC3=O)CC1. The minimum Gasteiger partial charge on any atom is -0.493 e. The van der Waals surface area contributed by atoms with Gasteiger partial charge in [-0.3, -0.25) is 4.79 Å². The first kappa shape index (κ1) is 12.2. The summed E-state index contributed by atoms with van der Waals surface area (Å²) >= 11 is 0. The topological polar surface area (TPSA) is 50.1 Å². The van der Waals surface area contributed by atoms with E-state index in [9.17, 15) is 4.79 Å². The van der Waals surface area contributed by atoms with Crippen LogP contribution in [0.1, 0.15) is 48.0 Å². The van der Waals surface area contributed by atoms with Crippen molar-refractivity contribution in [3.63, 3.8) is 0 Å². The van der Waals surface area contributed by atoms with E-state index in [1.54, 1.807) is 0 Å². The van der Waals surface area contributed by atoms with E-state index in [0.29, 0.717) is 19.4 Å². The average molecular weight is 255 g/mol. The number of nitrogens with zero attached hydrogens (tertiary/aromatic N) is 1. The third kappa shape index (κ3) is 2.49. The fourth-order valence-electron chi connectivity index (χ4n) is 2.67.